The van der Waals surface area contributed by atoms with Crippen LogP contribution in [0.25, 0.3) is 0 Å². The van der Waals surface area contributed by atoms with Crippen molar-refractivity contribution < 1.29 is 17.6 Å². The summed E-state index contributed by atoms with van der Waals surface area (Å²) in [5, 5.41) is 0. The van der Waals surface area contributed by atoms with Crippen molar-refractivity contribution in [3.63, 3.8) is 0 Å². The van der Waals surface area contributed by atoms with Crippen LogP contribution < -0.4 is 0 Å². The van der Waals surface area contributed by atoms with Crippen LogP contribution in [0.1, 0.15) is 121 Å². The topological polar surface area (TPSA) is 0 Å². The largest absolute Gasteiger partial charge is 0.251 e. The Kier molecular flexibility index (Phi) is 10.8. The molecular weight excluding hydrogens is 436 g/mol. The summed E-state index contributed by atoms with van der Waals surface area (Å²) in [6, 6.07) is 3.50. The third-order valence-corrected chi connectivity index (χ3v) is 8.77. The summed E-state index contributed by atoms with van der Waals surface area (Å²) in [6.45, 7) is 4.12. The first-order valence-electron chi connectivity index (χ1n) is 14.2. The monoisotopic (exact) mass is 482 g/mol. The first kappa shape index (κ1) is 27.5. The van der Waals surface area contributed by atoms with E-state index in [1.165, 1.54) is 0 Å². The summed E-state index contributed by atoms with van der Waals surface area (Å²) in [7, 11) is 0. The van der Waals surface area contributed by atoms with Crippen LogP contribution in [-0.4, -0.2) is 5.92 Å². The van der Waals surface area contributed by atoms with Crippen LogP contribution in [0.5, 0.6) is 0 Å². The number of benzene rings is 1. The van der Waals surface area contributed by atoms with E-state index in [1.54, 1.807) is 12.1 Å². The fraction of sp³-hybridized carbons (Fsp3) is 0.800. The van der Waals surface area contributed by atoms with Gasteiger partial charge in [-0.1, -0.05) is 83.8 Å². The van der Waals surface area contributed by atoms with Gasteiger partial charge in [0.05, 0.1) is 0 Å². The molecule has 34 heavy (non-hydrogen) atoms. The standard InChI is InChI=1S/C30H46F4/c1-3-5-6-8-24-15-20-27(30(33,34)21-24)19-14-23-11-9-22(10-12-23)13-16-26-18-17-25(7-4-2)28(31)29(26)32/h17-18,22-24,27H,3-16,19-21H2,1-2H3. The molecular formula is C30H46F4. The van der Waals surface area contributed by atoms with Gasteiger partial charge in [0.15, 0.2) is 11.6 Å². The zero-order chi connectivity index (χ0) is 24.6. The van der Waals surface area contributed by atoms with Crippen molar-refractivity contribution in [2.75, 3.05) is 0 Å². The highest BCUT2D eigenvalue weighted by Gasteiger charge is 2.44. The molecule has 4 heteroatoms. The Balaban J connectivity index is 1.37. The Hall–Kier alpha value is -1.06. The lowest BCUT2D eigenvalue weighted by atomic mass is 9.72. The lowest BCUT2D eigenvalue weighted by molar-refractivity contribution is -0.107. The maximum absolute atomic E-state index is 14.8. The smallest absolute Gasteiger partial charge is 0.207 e. The molecule has 0 bridgehead atoms. The third-order valence-electron chi connectivity index (χ3n) is 8.77. The van der Waals surface area contributed by atoms with Gasteiger partial charge in [0.1, 0.15) is 0 Å². The first-order valence-corrected chi connectivity index (χ1v) is 14.2. The quantitative estimate of drug-likeness (QED) is 0.205. The zero-order valence-electron chi connectivity index (χ0n) is 21.5. The Morgan fingerprint density at radius 2 is 1.26 bits per heavy atom. The average Bonchev–Trinajstić information content (AvgIpc) is 2.81. The van der Waals surface area contributed by atoms with Crippen LogP contribution in [0, 0.1) is 35.3 Å². The predicted octanol–water partition coefficient (Wildman–Crippen LogP) is 10.1. The number of rotatable bonds is 12. The van der Waals surface area contributed by atoms with Gasteiger partial charge < -0.3 is 0 Å². The minimum Gasteiger partial charge on any atom is -0.207 e. The van der Waals surface area contributed by atoms with Crippen molar-refractivity contribution in [3.05, 3.63) is 34.9 Å². The maximum atomic E-state index is 14.8. The second kappa shape index (κ2) is 13.3. The van der Waals surface area contributed by atoms with Gasteiger partial charge in [-0.2, -0.15) is 0 Å². The number of hydrogen-bond acceptors (Lipinski definition) is 0. The molecule has 0 nitrogen and oxygen atoms in total. The Morgan fingerprint density at radius 3 is 1.85 bits per heavy atom. The molecule has 0 spiro atoms. The Morgan fingerprint density at radius 1 is 0.676 bits per heavy atom. The molecule has 2 fully saturated rings. The van der Waals surface area contributed by atoms with E-state index >= 15 is 0 Å². The van der Waals surface area contributed by atoms with E-state index < -0.39 is 23.5 Å². The summed E-state index contributed by atoms with van der Waals surface area (Å²) in [5.41, 5.74) is 0.965. The van der Waals surface area contributed by atoms with E-state index in [1.807, 2.05) is 6.92 Å². The highest BCUT2D eigenvalue weighted by atomic mass is 19.3. The van der Waals surface area contributed by atoms with Gasteiger partial charge in [0.25, 0.3) is 5.92 Å². The molecule has 0 radical (unpaired) electrons. The van der Waals surface area contributed by atoms with Gasteiger partial charge in [-0.05, 0) is 73.8 Å². The van der Waals surface area contributed by atoms with Crippen molar-refractivity contribution in [2.45, 2.75) is 129 Å². The van der Waals surface area contributed by atoms with Crippen LogP contribution in [0.4, 0.5) is 17.6 Å². The van der Waals surface area contributed by atoms with Crippen LogP contribution in [0.15, 0.2) is 12.1 Å². The maximum Gasteiger partial charge on any atom is 0.251 e. The van der Waals surface area contributed by atoms with E-state index in [9.17, 15) is 17.6 Å². The molecule has 3 rings (SSSR count). The number of unbranched alkanes of at least 4 members (excludes halogenated alkanes) is 2. The number of hydrogen-bond donors (Lipinski definition) is 0. The first-order chi connectivity index (χ1) is 16.3. The van der Waals surface area contributed by atoms with Crippen LogP contribution in [0.2, 0.25) is 0 Å². The fourth-order valence-corrected chi connectivity index (χ4v) is 6.48. The minimum absolute atomic E-state index is 0.102. The van der Waals surface area contributed by atoms with Gasteiger partial charge >= 0.3 is 0 Å². The molecule has 0 saturated heterocycles. The van der Waals surface area contributed by atoms with Crippen LogP contribution >= 0.6 is 0 Å². The molecule has 194 valence electrons. The van der Waals surface area contributed by atoms with E-state index in [2.05, 4.69) is 6.92 Å². The van der Waals surface area contributed by atoms with Gasteiger partial charge in [0, 0.05) is 12.3 Å². The molecule has 1 aromatic rings. The molecule has 1 aromatic carbocycles. The normalized spacial score (nSPS) is 27.1. The molecule has 2 atom stereocenters. The molecule has 0 heterocycles. The van der Waals surface area contributed by atoms with E-state index in [0.29, 0.717) is 48.6 Å². The Bertz CT molecular complexity index is 736. The minimum atomic E-state index is -2.49. The van der Waals surface area contributed by atoms with Gasteiger partial charge in [-0.3, -0.25) is 0 Å². The Labute approximate surface area is 205 Å². The molecule has 0 aliphatic heterocycles. The van der Waals surface area contributed by atoms with Crippen molar-refractivity contribution in [1.29, 1.82) is 0 Å². The van der Waals surface area contributed by atoms with Crippen molar-refractivity contribution >= 4 is 0 Å². The molecule has 0 amide bonds. The highest BCUT2D eigenvalue weighted by molar-refractivity contribution is 5.26. The molecule has 2 unspecified atom stereocenters. The van der Waals surface area contributed by atoms with Crippen molar-refractivity contribution in [1.82, 2.24) is 0 Å². The van der Waals surface area contributed by atoms with Gasteiger partial charge in [-0.15, -0.1) is 0 Å². The summed E-state index contributed by atoms with van der Waals surface area (Å²) < 4.78 is 58.2. The molecule has 0 N–H and O–H groups in total. The summed E-state index contributed by atoms with van der Waals surface area (Å²) in [6.07, 6.45) is 14.9. The van der Waals surface area contributed by atoms with Crippen LogP contribution in [-0.2, 0) is 12.8 Å². The lowest BCUT2D eigenvalue weighted by Crippen LogP contribution is -2.36. The summed E-state index contributed by atoms with van der Waals surface area (Å²) in [5.74, 6) is -2.95. The average molecular weight is 483 g/mol. The van der Waals surface area contributed by atoms with Crippen LogP contribution in [0.3, 0.4) is 0 Å². The number of aryl methyl sites for hydroxylation is 2. The number of halogens is 4. The number of alkyl halides is 2. The third kappa shape index (κ3) is 7.72. The van der Waals surface area contributed by atoms with Crippen molar-refractivity contribution in [3.8, 4) is 0 Å². The second-order valence-corrected chi connectivity index (χ2v) is 11.4. The predicted molar refractivity (Wildman–Crippen MR) is 133 cm³/mol. The molecule has 2 aliphatic carbocycles. The zero-order valence-corrected chi connectivity index (χ0v) is 21.5. The van der Waals surface area contributed by atoms with Gasteiger partial charge in [-0.25, -0.2) is 17.6 Å². The molecule has 0 aromatic heterocycles. The van der Waals surface area contributed by atoms with E-state index in [4.69, 9.17) is 0 Å². The second-order valence-electron chi connectivity index (χ2n) is 11.4. The molecule has 2 saturated carbocycles. The van der Waals surface area contributed by atoms with E-state index in [-0.39, 0.29) is 12.3 Å². The van der Waals surface area contributed by atoms with E-state index in [0.717, 1.165) is 77.0 Å². The molecule has 2 aliphatic rings. The summed E-state index contributed by atoms with van der Waals surface area (Å²) >= 11 is 0. The van der Waals surface area contributed by atoms with Gasteiger partial charge in [0.2, 0.25) is 0 Å². The SMILES string of the molecule is CCCCCC1CCC(CCC2CCC(CCc3ccc(CCC)c(F)c3F)CC2)C(F)(F)C1. The fourth-order valence-electron chi connectivity index (χ4n) is 6.48. The highest BCUT2D eigenvalue weighted by Crippen LogP contribution is 2.46. The summed E-state index contributed by atoms with van der Waals surface area (Å²) in [4.78, 5) is 0. The lowest BCUT2D eigenvalue weighted by Gasteiger charge is -2.37. The van der Waals surface area contributed by atoms with Crippen molar-refractivity contribution in [2.24, 2.45) is 23.7 Å².